The Morgan fingerprint density at radius 1 is 1.45 bits per heavy atom. The second kappa shape index (κ2) is 3.87. The van der Waals surface area contributed by atoms with Crippen molar-refractivity contribution >= 4 is 17.0 Å². The topological polar surface area (TPSA) is 108 Å². The molecule has 1 unspecified atom stereocenters. The summed E-state index contributed by atoms with van der Waals surface area (Å²) in [6.45, 7) is 2.03. The number of hydrogen-bond acceptors (Lipinski definition) is 7. The highest BCUT2D eigenvalue weighted by Gasteiger charge is 2.51. The summed E-state index contributed by atoms with van der Waals surface area (Å²) in [7, 11) is 0. The summed E-state index contributed by atoms with van der Waals surface area (Å²) < 4.78 is 13.0. The molecule has 2 aromatic rings. The summed E-state index contributed by atoms with van der Waals surface area (Å²) >= 11 is 0. The number of anilines is 1. The number of aliphatic hydroxyl groups excluding tert-OH is 1. The fourth-order valence-electron chi connectivity index (χ4n) is 2.37. The Bertz CT molecular complexity index is 668. The highest BCUT2D eigenvalue weighted by atomic mass is 16.7. The lowest BCUT2D eigenvalue weighted by molar-refractivity contribution is -0.353. The first-order valence-electron chi connectivity index (χ1n) is 6.52. The van der Waals surface area contributed by atoms with Gasteiger partial charge in [0.05, 0.1) is 11.9 Å². The number of aromatic nitrogens is 4. The number of nitrogen functional groups attached to an aromatic ring is 1. The lowest BCUT2D eigenvalue weighted by atomic mass is 10.2. The Morgan fingerprint density at radius 2 is 2.25 bits per heavy atom. The normalized spacial score (nSPS) is 31.2. The lowest BCUT2D eigenvalue weighted by Crippen LogP contribution is -2.53. The molecule has 0 spiro atoms. The summed E-state index contributed by atoms with van der Waals surface area (Å²) in [5, 5.41) is 9.76. The molecule has 3 atom stereocenters. The van der Waals surface area contributed by atoms with Crippen molar-refractivity contribution in [3.8, 4) is 0 Å². The molecular weight excluding hydrogens is 262 g/mol. The van der Waals surface area contributed by atoms with Gasteiger partial charge in [0, 0.05) is 0 Å². The van der Waals surface area contributed by atoms with Gasteiger partial charge in [0.15, 0.2) is 30.1 Å². The van der Waals surface area contributed by atoms with E-state index in [0.29, 0.717) is 17.0 Å². The van der Waals surface area contributed by atoms with E-state index in [9.17, 15) is 5.11 Å². The van der Waals surface area contributed by atoms with Gasteiger partial charge in [-0.1, -0.05) is 0 Å². The molecule has 0 amide bonds. The zero-order chi connectivity index (χ0) is 13.9. The Balaban J connectivity index is 1.67. The van der Waals surface area contributed by atoms with Gasteiger partial charge in [0.1, 0.15) is 11.8 Å². The number of ether oxygens (including phenoxy) is 2. The zero-order valence-electron chi connectivity index (χ0n) is 10.9. The van der Waals surface area contributed by atoms with E-state index in [4.69, 9.17) is 15.2 Å². The molecule has 0 radical (unpaired) electrons. The SMILES string of the molecule is CC1(O[C@H]2C(O)O[C@H]2n2cnc3c(N)ncnc32)CC1. The van der Waals surface area contributed by atoms with E-state index in [1.165, 1.54) is 6.33 Å². The van der Waals surface area contributed by atoms with Gasteiger partial charge in [0.2, 0.25) is 0 Å². The molecule has 2 aliphatic rings. The first-order chi connectivity index (χ1) is 9.57. The molecule has 3 heterocycles. The van der Waals surface area contributed by atoms with Crippen molar-refractivity contribution in [3.63, 3.8) is 0 Å². The lowest BCUT2D eigenvalue weighted by Gasteiger charge is -2.42. The average Bonchev–Trinajstić information content (AvgIpc) is 3.00. The molecule has 2 fully saturated rings. The Kier molecular flexibility index (Phi) is 2.33. The molecule has 106 valence electrons. The van der Waals surface area contributed by atoms with E-state index < -0.39 is 18.6 Å². The Hall–Kier alpha value is -1.77. The van der Waals surface area contributed by atoms with Crippen molar-refractivity contribution in [1.29, 1.82) is 0 Å². The summed E-state index contributed by atoms with van der Waals surface area (Å²) in [6, 6.07) is 0. The summed E-state index contributed by atoms with van der Waals surface area (Å²) in [5.74, 6) is 0.320. The van der Waals surface area contributed by atoms with E-state index in [0.717, 1.165) is 12.8 Å². The molecule has 1 saturated carbocycles. The maximum Gasteiger partial charge on any atom is 0.188 e. The molecule has 4 rings (SSSR count). The van der Waals surface area contributed by atoms with E-state index in [1.54, 1.807) is 10.9 Å². The van der Waals surface area contributed by atoms with Crippen molar-refractivity contribution in [2.24, 2.45) is 0 Å². The van der Waals surface area contributed by atoms with Gasteiger partial charge in [-0.3, -0.25) is 4.57 Å². The van der Waals surface area contributed by atoms with Crippen LogP contribution in [0.4, 0.5) is 5.82 Å². The summed E-state index contributed by atoms with van der Waals surface area (Å²) in [6.07, 6.45) is 3.18. The van der Waals surface area contributed by atoms with Gasteiger partial charge in [-0.2, -0.15) is 0 Å². The van der Waals surface area contributed by atoms with Crippen molar-refractivity contribution in [1.82, 2.24) is 19.5 Å². The maximum absolute atomic E-state index is 9.76. The third-order valence-corrected chi connectivity index (χ3v) is 3.88. The second-order valence-electron chi connectivity index (χ2n) is 5.53. The number of aliphatic hydroxyl groups is 1. The molecule has 2 aromatic heterocycles. The highest BCUT2D eigenvalue weighted by molar-refractivity contribution is 5.81. The van der Waals surface area contributed by atoms with Crippen LogP contribution in [0, 0.1) is 0 Å². The Morgan fingerprint density at radius 3 is 2.95 bits per heavy atom. The van der Waals surface area contributed by atoms with Crippen LogP contribution >= 0.6 is 0 Å². The molecule has 3 N–H and O–H groups in total. The summed E-state index contributed by atoms with van der Waals surface area (Å²) in [4.78, 5) is 12.3. The van der Waals surface area contributed by atoms with Crippen LogP contribution in [-0.4, -0.2) is 42.6 Å². The minimum absolute atomic E-state index is 0.141. The van der Waals surface area contributed by atoms with E-state index >= 15 is 0 Å². The molecule has 8 heteroatoms. The van der Waals surface area contributed by atoms with Gasteiger partial charge in [-0.05, 0) is 19.8 Å². The van der Waals surface area contributed by atoms with E-state index in [2.05, 4.69) is 15.0 Å². The molecular formula is C12H15N5O3. The Labute approximate surface area is 114 Å². The van der Waals surface area contributed by atoms with E-state index in [-0.39, 0.29) is 5.60 Å². The zero-order valence-corrected chi connectivity index (χ0v) is 10.9. The number of nitrogens with two attached hydrogens (primary N) is 1. The number of rotatable bonds is 3. The van der Waals surface area contributed by atoms with Crippen LogP contribution in [0.1, 0.15) is 26.0 Å². The van der Waals surface area contributed by atoms with Crippen molar-refractivity contribution < 1.29 is 14.6 Å². The van der Waals surface area contributed by atoms with Crippen LogP contribution < -0.4 is 5.73 Å². The van der Waals surface area contributed by atoms with Crippen molar-refractivity contribution in [2.75, 3.05) is 5.73 Å². The fourth-order valence-corrected chi connectivity index (χ4v) is 2.37. The molecule has 1 aliphatic carbocycles. The van der Waals surface area contributed by atoms with Gasteiger partial charge in [-0.15, -0.1) is 0 Å². The molecule has 1 saturated heterocycles. The van der Waals surface area contributed by atoms with Crippen molar-refractivity contribution in [2.45, 2.75) is 44.0 Å². The summed E-state index contributed by atoms with van der Waals surface area (Å²) in [5.41, 5.74) is 6.71. The third-order valence-electron chi connectivity index (χ3n) is 3.88. The van der Waals surface area contributed by atoms with Crippen LogP contribution in [0.25, 0.3) is 11.2 Å². The molecule has 0 bridgehead atoms. The minimum Gasteiger partial charge on any atom is -0.382 e. The molecule has 20 heavy (non-hydrogen) atoms. The number of fused-ring (bicyclic) bond motifs is 1. The molecule has 8 nitrogen and oxygen atoms in total. The van der Waals surface area contributed by atoms with Gasteiger partial charge < -0.3 is 20.3 Å². The average molecular weight is 277 g/mol. The first kappa shape index (κ1) is 12.0. The standard InChI is InChI=1S/C12H15N5O3/c1-12(2-3-12)20-7-10(19-11(7)18)17-5-16-6-8(13)14-4-15-9(6)17/h4-5,7,10-11,18H,2-3H2,1H3,(H2,13,14,15)/t7-,10-,11?/m1/s1. The van der Waals surface area contributed by atoms with Gasteiger partial charge >= 0.3 is 0 Å². The van der Waals surface area contributed by atoms with Gasteiger partial charge in [-0.25, -0.2) is 15.0 Å². The predicted octanol–water partition coefficient (Wildman–Crippen LogP) is 0.193. The smallest absolute Gasteiger partial charge is 0.188 e. The fraction of sp³-hybridized carbons (Fsp3) is 0.583. The quantitative estimate of drug-likeness (QED) is 0.824. The largest absolute Gasteiger partial charge is 0.382 e. The highest BCUT2D eigenvalue weighted by Crippen LogP contribution is 2.45. The van der Waals surface area contributed by atoms with Crippen LogP contribution in [-0.2, 0) is 9.47 Å². The minimum atomic E-state index is -0.922. The number of hydrogen-bond donors (Lipinski definition) is 2. The number of imidazole rings is 1. The third kappa shape index (κ3) is 1.69. The van der Waals surface area contributed by atoms with Crippen LogP contribution in [0.3, 0.4) is 0 Å². The second-order valence-corrected chi connectivity index (χ2v) is 5.53. The van der Waals surface area contributed by atoms with Gasteiger partial charge in [0.25, 0.3) is 0 Å². The number of nitrogens with zero attached hydrogens (tertiary/aromatic N) is 4. The first-order valence-corrected chi connectivity index (χ1v) is 6.52. The maximum atomic E-state index is 9.76. The van der Waals surface area contributed by atoms with Crippen LogP contribution in [0.5, 0.6) is 0 Å². The van der Waals surface area contributed by atoms with E-state index in [1.807, 2.05) is 6.92 Å². The predicted molar refractivity (Wildman–Crippen MR) is 68.4 cm³/mol. The van der Waals surface area contributed by atoms with Crippen LogP contribution in [0.15, 0.2) is 12.7 Å². The molecule has 0 aromatic carbocycles. The monoisotopic (exact) mass is 277 g/mol. The van der Waals surface area contributed by atoms with Crippen LogP contribution in [0.2, 0.25) is 0 Å². The van der Waals surface area contributed by atoms with Crippen molar-refractivity contribution in [3.05, 3.63) is 12.7 Å². The molecule has 1 aliphatic heterocycles.